The van der Waals surface area contributed by atoms with Gasteiger partial charge in [0.2, 0.25) is 10.0 Å². The van der Waals surface area contributed by atoms with Crippen LogP contribution in [0.1, 0.15) is 61.9 Å². The Morgan fingerprint density at radius 1 is 1.09 bits per heavy atom. The zero-order chi connectivity index (χ0) is 23.1. The first-order valence-electron chi connectivity index (χ1n) is 10.9. The summed E-state index contributed by atoms with van der Waals surface area (Å²) >= 11 is 0. The second kappa shape index (κ2) is 8.29. The molecule has 8 nitrogen and oxygen atoms in total. The van der Waals surface area contributed by atoms with Gasteiger partial charge in [-0.1, -0.05) is 18.6 Å². The molecule has 1 aromatic carbocycles. The molecule has 4 rings (SSSR count). The van der Waals surface area contributed by atoms with E-state index in [-0.39, 0.29) is 10.6 Å². The number of imidazole rings is 1. The highest BCUT2D eigenvalue weighted by Gasteiger charge is 2.26. The molecule has 0 fully saturated rings. The number of carbonyl (C=O) groups is 1. The van der Waals surface area contributed by atoms with Crippen LogP contribution in [0.2, 0.25) is 0 Å². The minimum atomic E-state index is -3.83. The summed E-state index contributed by atoms with van der Waals surface area (Å²) in [5.41, 5.74) is 1.94. The molecule has 9 heteroatoms. The number of anilines is 1. The van der Waals surface area contributed by atoms with Crippen molar-refractivity contribution in [2.24, 2.45) is 0 Å². The van der Waals surface area contributed by atoms with Gasteiger partial charge in [-0.15, -0.1) is 0 Å². The standard InChI is InChI=1S/C23H29N5O3S/c1-15-14-16(20-21(24-15)28-13-9-5-6-12-19(28)26-20)22(29)25-17-10-7-8-11-18(17)32(30,31)27-23(2,3)4/h7-8,10-11,14,27H,5-6,9,12-13H2,1-4H3,(H,25,29). The van der Waals surface area contributed by atoms with Crippen molar-refractivity contribution in [2.45, 2.75) is 70.4 Å². The SMILES string of the molecule is Cc1cc(C(=O)Nc2ccccc2S(=O)(=O)NC(C)(C)C)c2nc3n(c2n1)CCCCC3. The number of sulfonamides is 1. The Hall–Kier alpha value is -2.78. The molecular weight excluding hydrogens is 426 g/mol. The summed E-state index contributed by atoms with van der Waals surface area (Å²) in [5, 5.41) is 2.80. The van der Waals surface area contributed by atoms with Gasteiger partial charge in [-0.25, -0.2) is 23.1 Å². The van der Waals surface area contributed by atoms with Crippen molar-refractivity contribution in [3.8, 4) is 0 Å². The van der Waals surface area contributed by atoms with E-state index >= 15 is 0 Å². The Balaban J connectivity index is 1.73. The first kappa shape index (κ1) is 22.4. The molecule has 0 spiro atoms. The van der Waals surface area contributed by atoms with Crippen LogP contribution >= 0.6 is 0 Å². The van der Waals surface area contributed by atoms with E-state index in [1.807, 2.05) is 6.92 Å². The Kier molecular flexibility index (Phi) is 5.81. The molecule has 1 aliphatic heterocycles. The van der Waals surface area contributed by atoms with Crippen LogP contribution in [0.5, 0.6) is 0 Å². The minimum absolute atomic E-state index is 0.0194. The lowest BCUT2D eigenvalue weighted by atomic mass is 10.1. The van der Waals surface area contributed by atoms with E-state index in [0.29, 0.717) is 22.4 Å². The molecule has 0 radical (unpaired) electrons. The van der Waals surface area contributed by atoms with Gasteiger partial charge in [-0.3, -0.25) is 4.79 Å². The number of rotatable bonds is 4. The van der Waals surface area contributed by atoms with Crippen LogP contribution in [-0.2, 0) is 23.0 Å². The van der Waals surface area contributed by atoms with E-state index in [4.69, 9.17) is 4.98 Å². The predicted molar refractivity (Wildman–Crippen MR) is 124 cm³/mol. The molecule has 2 N–H and O–H groups in total. The third kappa shape index (κ3) is 4.54. The maximum absolute atomic E-state index is 13.3. The Morgan fingerprint density at radius 2 is 1.84 bits per heavy atom. The molecule has 2 aromatic heterocycles. The monoisotopic (exact) mass is 455 g/mol. The number of amides is 1. The van der Waals surface area contributed by atoms with Crippen LogP contribution in [0.15, 0.2) is 35.2 Å². The molecule has 0 unspecified atom stereocenters. The Morgan fingerprint density at radius 3 is 2.59 bits per heavy atom. The molecule has 0 saturated carbocycles. The quantitative estimate of drug-likeness (QED) is 0.622. The number of pyridine rings is 1. The zero-order valence-electron chi connectivity index (χ0n) is 18.9. The summed E-state index contributed by atoms with van der Waals surface area (Å²) < 4.78 is 30.6. The third-order valence-corrected chi connectivity index (χ3v) is 7.12. The molecule has 170 valence electrons. The van der Waals surface area contributed by atoms with Gasteiger partial charge in [0.15, 0.2) is 5.65 Å². The highest BCUT2D eigenvalue weighted by atomic mass is 32.2. The largest absolute Gasteiger partial charge is 0.321 e. The van der Waals surface area contributed by atoms with Crippen LogP contribution < -0.4 is 10.0 Å². The fourth-order valence-electron chi connectivity index (χ4n) is 4.04. The summed E-state index contributed by atoms with van der Waals surface area (Å²) in [6, 6.07) is 8.10. The van der Waals surface area contributed by atoms with Gasteiger partial charge < -0.3 is 9.88 Å². The number of nitrogens with one attached hydrogen (secondary N) is 2. The van der Waals surface area contributed by atoms with E-state index in [0.717, 1.165) is 38.1 Å². The number of hydrogen-bond acceptors (Lipinski definition) is 5. The average molecular weight is 456 g/mol. The van der Waals surface area contributed by atoms with Gasteiger partial charge in [-0.2, -0.15) is 0 Å². The second-order valence-electron chi connectivity index (χ2n) is 9.28. The number of carbonyl (C=O) groups excluding carboxylic acids is 1. The van der Waals surface area contributed by atoms with E-state index in [2.05, 4.69) is 19.6 Å². The molecule has 0 atom stereocenters. The van der Waals surface area contributed by atoms with Gasteiger partial charge in [0.1, 0.15) is 16.2 Å². The number of aromatic nitrogens is 3. The van der Waals surface area contributed by atoms with E-state index in [1.165, 1.54) is 6.07 Å². The first-order chi connectivity index (χ1) is 15.0. The summed E-state index contributed by atoms with van der Waals surface area (Å²) in [6.07, 6.45) is 4.13. The zero-order valence-corrected chi connectivity index (χ0v) is 19.7. The van der Waals surface area contributed by atoms with Crippen molar-refractivity contribution < 1.29 is 13.2 Å². The average Bonchev–Trinajstić information content (AvgIpc) is 2.87. The third-order valence-electron chi connectivity index (χ3n) is 5.30. The smallest absolute Gasteiger partial charge is 0.258 e. The number of nitrogens with zero attached hydrogens (tertiary/aromatic N) is 3. The number of para-hydroxylation sites is 1. The van der Waals surface area contributed by atoms with Crippen LogP contribution in [0.25, 0.3) is 11.2 Å². The molecule has 0 bridgehead atoms. The van der Waals surface area contributed by atoms with Crippen LogP contribution in [0.4, 0.5) is 5.69 Å². The molecule has 1 aliphatic rings. The van der Waals surface area contributed by atoms with E-state index < -0.39 is 21.5 Å². The summed E-state index contributed by atoms with van der Waals surface area (Å²) in [7, 11) is -3.83. The molecule has 3 heterocycles. The fourth-order valence-corrected chi connectivity index (χ4v) is 5.62. The van der Waals surface area contributed by atoms with Gasteiger partial charge in [-0.05, 0) is 58.7 Å². The minimum Gasteiger partial charge on any atom is -0.321 e. The molecule has 0 saturated heterocycles. The second-order valence-corrected chi connectivity index (χ2v) is 10.9. The predicted octanol–water partition coefficient (Wildman–Crippen LogP) is 3.80. The van der Waals surface area contributed by atoms with Crippen molar-refractivity contribution in [3.63, 3.8) is 0 Å². The molecule has 1 amide bonds. The summed E-state index contributed by atoms with van der Waals surface area (Å²) in [5.74, 6) is 0.536. The maximum Gasteiger partial charge on any atom is 0.258 e. The fraction of sp³-hybridized carbons (Fsp3) is 0.435. The van der Waals surface area contributed by atoms with Gasteiger partial charge in [0.05, 0.1) is 11.3 Å². The van der Waals surface area contributed by atoms with Gasteiger partial charge in [0.25, 0.3) is 5.91 Å². The maximum atomic E-state index is 13.3. The van der Waals surface area contributed by atoms with Crippen molar-refractivity contribution in [1.82, 2.24) is 19.3 Å². The van der Waals surface area contributed by atoms with Gasteiger partial charge >= 0.3 is 0 Å². The highest BCUT2D eigenvalue weighted by molar-refractivity contribution is 7.89. The van der Waals surface area contributed by atoms with E-state index in [9.17, 15) is 13.2 Å². The Labute approximate surface area is 188 Å². The topological polar surface area (TPSA) is 106 Å². The van der Waals surface area contributed by atoms with Crippen molar-refractivity contribution >= 4 is 32.8 Å². The summed E-state index contributed by atoms with van der Waals surface area (Å²) in [6.45, 7) is 7.99. The molecule has 3 aromatic rings. The van der Waals surface area contributed by atoms with Gasteiger partial charge in [0, 0.05) is 24.2 Å². The summed E-state index contributed by atoms with van der Waals surface area (Å²) in [4.78, 5) is 22.7. The normalized spacial score (nSPS) is 14.8. The van der Waals surface area contributed by atoms with E-state index in [1.54, 1.807) is 45.0 Å². The number of fused-ring (bicyclic) bond motifs is 3. The number of benzene rings is 1. The van der Waals surface area contributed by atoms with Crippen LogP contribution in [-0.4, -0.2) is 34.4 Å². The van der Waals surface area contributed by atoms with Crippen molar-refractivity contribution in [3.05, 3.63) is 47.4 Å². The lowest BCUT2D eigenvalue weighted by molar-refractivity contribution is 0.102. The lowest BCUT2D eigenvalue weighted by Crippen LogP contribution is -2.40. The van der Waals surface area contributed by atoms with Crippen LogP contribution in [0, 0.1) is 6.92 Å². The number of aryl methyl sites for hydroxylation is 3. The molecular formula is C23H29N5O3S. The molecule has 0 aliphatic carbocycles. The number of hydrogen-bond donors (Lipinski definition) is 2. The Bertz CT molecular complexity index is 1290. The highest BCUT2D eigenvalue weighted by Crippen LogP contribution is 2.27. The lowest BCUT2D eigenvalue weighted by Gasteiger charge is -2.21. The first-order valence-corrected chi connectivity index (χ1v) is 12.3. The van der Waals surface area contributed by atoms with Crippen LogP contribution in [0.3, 0.4) is 0 Å². The van der Waals surface area contributed by atoms with Crippen molar-refractivity contribution in [1.29, 1.82) is 0 Å². The van der Waals surface area contributed by atoms with Crippen molar-refractivity contribution in [2.75, 3.05) is 5.32 Å². The molecule has 32 heavy (non-hydrogen) atoms.